The third-order valence-electron chi connectivity index (χ3n) is 2.59. The molecule has 1 aromatic rings. The Hall–Kier alpha value is -1.13. The van der Waals surface area contributed by atoms with Crippen molar-refractivity contribution >= 4 is 5.82 Å². The van der Waals surface area contributed by atoms with Crippen molar-refractivity contribution in [3.8, 4) is 0 Å². The average molecular weight is 210 g/mol. The van der Waals surface area contributed by atoms with Gasteiger partial charge in [0.05, 0.1) is 18.8 Å². The zero-order valence-corrected chi connectivity index (χ0v) is 9.20. The number of hydrogen-bond acceptors (Lipinski definition) is 4. The molecule has 0 amide bonds. The minimum absolute atomic E-state index is 0.115. The average Bonchev–Trinajstić information content (AvgIpc) is 2.26. The SMILES string of the molecule is CCC(CO)(CO)Nc1cc(C)ccn1. The summed E-state index contributed by atoms with van der Waals surface area (Å²) in [5.41, 5.74) is 0.411. The molecule has 0 radical (unpaired) electrons. The molecular formula is C11H18N2O2. The summed E-state index contributed by atoms with van der Waals surface area (Å²) < 4.78 is 0. The Balaban J connectivity index is 2.82. The molecule has 1 aromatic heterocycles. The lowest BCUT2D eigenvalue weighted by molar-refractivity contribution is 0.132. The van der Waals surface area contributed by atoms with Crippen LogP contribution in [0.1, 0.15) is 18.9 Å². The molecule has 0 atom stereocenters. The third-order valence-corrected chi connectivity index (χ3v) is 2.59. The largest absolute Gasteiger partial charge is 0.394 e. The minimum Gasteiger partial charge on any atom is -0.394 e. The van der Waals surface area contributed by atoms with Gasteiger partial charge in [-0.1, -0.05) is 6.92 Å². The highest BCUT2D eigenvalue weighted by atomic mass is 16.3. The maximum absolute atomic E-state index is 9.26. The molecule has 0 saturated carbocycles. The first-order chi connectivity index (χ1) is 7.15. The first-order valence-corrected chi connectivity index (χ1v) is 5.08. The molecule has 0 aliphatic heterocycles. The molecule has 0 spiro atoms. The van der Waals surface area contributed by atoms with E-state index in [1.165, 1.54) is 0 Å². The number of aliphatic hydroxyl groups excluding tert-OH is 2. The van der Waals surface area contributed by atoms with Crippen LogP contribution in [-0.2, 0) is 0 Å². The predicted molar refractivity (Wildman–Crippen MR) is 59.8 cm³/mol. The van der Waals surface area contributed by atoms with Crippen LogP contribution in [0.5, 0.6) is 0 Å². The Labute approximate surface area is 90.0 Å². The van der Waals surface area contributed by atoms with Crippen LogP contribution in [-0.4, -0.2) is 33.9 Å². The molecule has 0 bridgehead atoms. The van der Waals surface area contributed by atoms with Crippen LogP contribution in [0.15, 0.2) is 18.3 Å². The van der Waals surface area contributed by atoms with Gasteiger partial charge in [-0.2, -0.15) is 0 Å². The highest BCUT2D eigenvalue weighted by molar-refractivity contribution is 5.40. The van der Waals surface area contributed by atoms with Crippen LogP contribution in [0.4, 0.5) is 5.82 Å². The lowest BCUT2D eigenvalue weighted by Crippen LogP contribution is -2.45. The number of hydrogen-bond donors (Lipinski definition) is 3. The van der Waals surface area contributed by atoms with E-state index in [9.17, 15) is 10.2 Å². The summed E-state index contributed by atoms with van der Waals surface area (Å²) in [4.78, 5) is 4.13. The van der Waals surface area contributed by atoms with Gasteiger partial charge in [0.25, 0.3) is 0 Å². The van der Waals surface area contributed by atoms with Gasteiger partial charge in [0.1, 0.15) is 5.82 Å². The van der Waals surface area contributed by atoms with E-state index in [0.717, 1.165) is 5.56 Å². The number of aromatic nitrogens is 1. The van der Waals surface area contributed by atoms with E-state index in [4.69, 9.17) is 0 Å². The van der Waals surface area contributed by atoms with Gasteiger partial charge in [-0.15, -0.1) is 0 Å². The van der Waals surface area contributed by atoms with E-state index in [2.05, 4.69) is 10.3 Å². The van der Waals surface area contributed by atoms with E-state index in [1.807, 2.05) is 26.0 Å². The number of anilines is 1. The number of rotatable bonds is 5. The second kappa shape index (κ2) is 5.09. The molecule has 15 heavy (non-hydrogen) atoms. The summed E-state index contributed by atoms with van der Waals surface area (Å²) in [6.45, 7) is 3.65. The lowest BCUT2D eigenvalue weighted by Gasteiger charge is -2.30. The molecule has 0 unspecified atom stereocenters. The van der Waals surface area contributed by atoms with Crippen molar-refractivity contribution in [2.45, 2.75) is 25.8 Å². The summed E-state index contributed by atoms with van der Waals surface area (Å²) in [5, 5.41) is 21.6. The molecule has 0 aliphatic rings. The van der Waals surface area contributed by atoms with Crippen molar-refractivity contribution in [2.75, 3.05) is 18.5 Å². The van der Waals surface area contributed by atoms with Gasteiger partial charge < -0.3 is 15.5 Å². The van der Waals surface area contributed by atoms with Crippen LogP contribution in [0, 0.1) is 6.92 Å². The summed E-state index contributed by atoms with van der Waals surface area (Å²) in [7, 11) is 0. The number of pyridine rings is 1. The summed E-state index contributed by atoms with van der Waals surface area (Å²) in [5.74, 6) is 0.681. The van der Waals surface area contributed by atoms with E-state index >= 15 is 0 Å². The topological polar surface area (TPSA) is 65.4 Å². The highest BCUT2D eigenvalue weighted by Crippen LogP contribution is 2.16. The fourth-order valence-corrected chi connectivity index (χ4v) is 1.32. The van der Waals surface area contributed by atoms with E-state index in [1.54, 1.807) is 6.20 Å². The van der Waals surface area contributed by atoms with Gasteiger partial charge in [0.15, 0.2) is 0 Å². The van der Waals surface area contributed by atoms with Crippen molar-refractivity contribution in [1.82, 2.24) is 4.98 Å². The van der Waals surface area contributed by atoms with Crippen molar-refractivity contribution in [3.63, 3.8) is 0 Å². The Bertz CT molecular complexity index is 303. The molecule has 0 saturated heterocycles. The van der Waals surface area contributed by atoms with Crippen LogP contribution < -0.4 is 5.32 Å². The molecular weight excluding hydrogens is 192 g/mol. The van der Waals surface area contributed by atoms with E-state index in [0.29, 0.717) is 12.2 Å². The summed E-state index contributed by atoms with van der Waals surface area (Å²) >= 11 is 0. The quantitative estimate of drug-likeness (QED) is 0.676. The standard InChI is InChI=1S/C11H18N2O2/c1-3-11(7-14,8-15)13-10-6-9(2)4-5-12-10/h4-6,14-15H,3,7-8H2,1-2H3,(H,12,13). The number of aliphatic hydroxyl groups is 2. The first-order valence-electron chi connectivity index (χ1n) is 5.08. The Morgan fingerprint density at radius 1 is 1.40 bits per heavy atom. The second-order valence-corrected chi connectivity index (χ2v) is 3.79. The van der Waals surface area contributed by atoms with Gasteiger partial charge >= 0.3 is 0 Å². The smallest absolute Gasteiger partial charge is 0.126 e. The minimum atomic E-state index is -0.680. The van der Waals surface area contributed by atoms with E-state index < -0.39 is 5.54 Å². The maximum atomic E-state index is 9.26. The molecule has 1 rings (SSSR count). The fraction of sp³-hybridized carbons (Fsp3) is 0.545. The van der Waals surface area contributed by atoms with Crippen LogP contribution >= 0.6 is 0 Å². The van der Waals surface area contributed by atoms with Crippen molar-refractivity contribution < 1.29 is 10.2 Å². The van der Waals surface area contributed by atoms with Crippen LogP contribution in [0.2, 0.25) is 0 Å². The molecule has 4 heteroatoms. The van der Waals surface area contributed by atoms with Gasteiger partial charge in [-0.05, 0) is 31.0 Å². The summed E-state index contributed by atoms with van der Waals surface area (Å²) in [6, 6.07) is 3.78. The van der Waals surface area contributed by atoms with Gasteiger partial charge in [-0.3, -0.25) is 0 Å². The molecule has 0 fully saturated rings. The van der Waals surface area contributed by atoms with Gasteiger partial charge in [0, 0.05) is 6.20 Å². The number of nitrogens with one attached hydrogen (secondary N) is 1. The van der Waals surface area contributed by atoms with Crippen LogP contribution in [0.25, 0.3) is 0 Å². The number of nitrogens with zero attached hydrogens (tertiary/aromatic N) is 1. The molecule has 84 valence electrons. The normalized spacial score (nSPS) is 11.5. The Morgan fingerprint density at radius 2 is 2.07 bits per heavy atom. The van der Waals surface area contributed by atoms with Gasteiger partial charge in [-0.25, -0.2) is 4.98 Å². The first kappa shape index (κ1) is 11.9. The molecule has 0 aromatic carbocycles. The third kappa shape index (κ3) is 2.91. The monoisotopic (exact) mass is 210 g/mol. The van der Waals surface area contributed by atoms with E-state index in [-0.39, 0.29) is 13.2 Å². The molecule has 1 heterocycles. The summed E-state index contributed by atoms with van der Waals surface area (Å²) in [6.07, 6.45) is 2.34. The second-order valence-electron chi connectivity index (χ2n) is 3.79. The molecule has 4 nitrogen and oxygen atoms in total. The van der Waals surface area contributed by atoms with Crippen molar-refractivity contribution in [1.29, 1.82) is 0 Å². The van der Waals surface area contributed by atoms with Crippen molar-refractivity contribution in [3.05, 3.63) is 23.9 Å². The number of aryl methyl sites for hydroxylation is 1. The fourth-order valence-electron chi connectivity index (χ4n) is 1.32. The van der Waals surface area contributed by atoms with Crippen LogP contribution in [0.3, 0.4) is 0 Å². The lowest BCUT2D eigenvalue weighted by atomic mass is 9.98. The van der Waals surface area contributed by atoms with Crippen molar-refractivity contribution in [2.24, 2.45) is 0 Å². The molecule has 3 N–H and O–H groups in total. The maximum Gasteiger partial charge on any atom is 0.126 e. The Morgan fingerprint density at radius 3 is 2.53 bits per heavy atom. The van der Waals surface area contributed by atoms with Gasteiger partial charge in [0.2, 0.25) is 0 Å². The predicted octanol–water partition coefficient (Wildman–Crippen LogP) is 0.935. The zero-order chi connectivity index (χ0) is 11.3. The highest BCUT2D eigenvalue weighted by Gasteiger charge is 2.26. The zero-order valence-electron chi connectivity index (χ0n) is 9.20. The molecule has 0 aliphatic carbocycles. The Kier molecular flexibility index (Phi) is 4.05.